The molecule has 0 bridgehead atoms. The van der Waals surface area contributed by atoms with Gasteiger partial charge in [-0.2, -0.15) is 0 Å². The molecular weight excluding hydrogens is 246 g/mol. The number of ether oxygens (including phenoxy) is 2. The van der Waals surface area contributed by atoms with E-state index < -0.39 is 18.7 Å². The molecule has 0 aliphatic rings. The number of methoxy groups -OCH3 is 1. The summed E-state index contributed by atoms with van der Waals surface area (Å²) in [6.45, 7) is 5.64. The Morgan fingerprint density at radius 3 is 2.79 bits per heavy atom. The number of nitrogens with one attached hydrogen (secondary N) is 1. The van der Waals surface area contributed by atoms with E-state index in [1.165, 1.54) is 12.1 Å². The van der Waals surface area contributed by atoms with Gasteiger partial charge in [-0.15, -0.1) is 0 Å². The molecule has 0 spiro atoms. The number of phenolic OH excluding ortho intramolecular Hbond substituents is 1. The zero-order valence-corrected chi connectivity index (χ0v) is 11.3. The average molecular weight is 270 g/mol. The first-order valence-electron chi connectivity index (χ1n) is 7.44. The van der Waals surface area contributed by atoms with Crippen LogP contribution >= 0.6 is 0 Å². The molecule has 0 unspecified atom stereocenters. The smallest absolute Gasteiger partial charge is 0.407 e. The highest BCUT2D eigenvalue weighted by atomic mass is 16.6. The highest BCUT2D eigenvalue weighted by Gasteiger charge is 2.15. The van der Waals surface area contributed by atoms with E-state index in [9.17, 15) is 9.90 Å². The van der Waals surface area contributed by atoms with E-state index in [4.69, 9.17) is 8.85 Å². The number of hydrogen-bond donors (Lipinski definition) is 2. The van der Waals surface area contributed by atoms with Crippen LogP contribution in [0, 0.1) is 0 Å². The summed E-state index contributed by atoms with van der Waals surface area (Å²) in [7, 11) is -2.61. The summed E-state index contributed by atoms with van der Waals surface area (Å²) in [5.41, 5.74) is 0.169. The predicted octanol–water partition coefficient (Wildman–Crippen LogP) is 2.47. The molecule has 1 amide bonds. The Labute approximate surface area is 117 Å². The first kappa shape index (κ1) is 11.0. The molecule has 0 fully saturated rings. The number of carbonyl (C=O) groups is 1. The Kier molecular flexibility index (Phi) is 3.64. The van der Waals surface area contributed by atoms with Gasteiger partial charge in [0.1, 0.15) is 5.60 Å². The molecule has 19 heavy (non-hydrogen) atoms. The maximum atomic E-state index is 11.5. The second kappa shape index (κ2) is 6.31. The Morgan fingerprint density at radius 2 is 2.21 bits per heavy atom. The number of hydrogen-bond acceptors (Lipinski definition) is 4. The van der Waals surface area contributed by atoms with Crippen molar-refractivity contribution in [3.63, 3.8) is 0 Å². The monoisotopic (exact) mass is 270 g/mol. The van der Waals surface area contributed by atoms with E-state index in [1.54, 1.807) is 26.8 Å². The fourth-order valence-corrected chi connectivity index (χ4v) is 1.43. The molecule has 1 aromatic rings. The fraction of sp³-hybridized carbons (Fsp3) is 0.500. The highest BCUT2D eigenvalue weighted by Crippen LogP contribution is 2.26. The Balaban J connectivity index is 2.51. The molecule has 5 nitrogen and oxygen atoms in total. The van der Waals surface area contributed by atoms with Crippen molar-refractivity contribution in [3.05, 3.63) is 23.8 Å². The first-order chi connectivity index (χ1) is 9.96. The van der Waals surface area contributed by atoms with Crippen LogP contribution in [-0.2, 0) is 11.2 Å². The molecular formula is C14H21NO4. The molecule has 0 radical (unpaired) electrons. The molecule has 1 aromatic carbocycles. The zero-order chi connectivity index (χ0) is 17.0. The lowest BCUT2D eigenvalue weighted by Gasteiger charge is -2.19. The van der Waals surface area contributed by atoms with E-state index in [2.05, 4.69) is 10.1 Å². The minimum Gasteiger partial charge on any atom is -0.504 e. The van der Waals surface area contributed by atoms with E-state index in [1.807, 2.05) is 0 Å². The van der Waals surface area contributed by atoms with Crippen LogP contribution in [0.25, 0.3) is 0 Å². The molecule has 0 aliphatic heterocycles. The van der Waals surface area contributed by atoms with Crippen LogP contribution in [0.3, 0.4) is 0 Å². The summed E-state index contributed by atoms with van der Waals surface area (Å²) < 4.78 is 30.7. The van der Waals surface area contributed by atoms with Gasteiger partial charge in [-0.05, 0) is 44.9 Å². The van der Waals surface area contributed by atoms with Crippen molar-refractivity contribution in [2.45, 2.75) is 32.8 Å². The molecule has 0 heterocycles. The SMILES string of the molecule is [2H]C([2H])([2H])Oc1ccc(CCNC(=O)OC(C)(C)C)cc1O. The van der Waals surface area contributed by atoms with Gasteiger partial charge in [0.15, 0.2) is 11.5 Å². The van der Waals surface area contributed by atoms with Crippen LogP contribution in [0.5, 0.6) is 11.5 Å². The van der Waals surface area contributed by atoms with Crippen LogP contribution in [0.15, 0.2) is 18.2 Å². The molecule has 0 aliphatic carbocycles. The standard InChI is InChI=1S/C14H21NO4/c1-14(2,3)19-13(17)15-8-7-10-5-6-12(18-4)11(16)9-10/h5-6,9,16H,7-8H2,1-4H3,(H,15,17)/i4D3. The van der Waals surface area contributed by atoms with Gasteiger partial charge in [-0.3, -0.25) is 0 Å². The van der Waals surface area contributed by atoms with E-state index in [-0.39, 0.29) is 11.5 Å². The predicted molar refractivity (Wildman–Crippen MR) is 72.6 cm³/mol. The normalized spacial score (nSPS) is 13.9. The quantitative estimate of drug-likeness (QED) is 0.882. The van der Waals surface area contributed by atoms with Gasteiger partial charge in [-0.25, -0.2) is 4.79 Å². The highest BCUT2D eigenvalue weighted by molar-refractivity contribution is 5.67. The number of phenols is 1. The summed E-state index contributed by atoms with van der Waals surface area (Å²) in [6, 6.07) is 4.40. The van der Waals surface area contributed by atoms with Crippen LogP contribution in [0.1, 0.15) is 30.4 Å². The third kappa shape index (κ3) is 5.50. The molecule has 0 saturated carbocycles. The number of carbonyl (C=O) groups excluding carboxylic acids is 1. The molecule has 106 valence electrons. The Hall–Kier alpha value is -1.91. The minimum atomic E-state index is -2.61. The van der Waals surface area contributed by atoms with Crippen molar-refractivity contribution in [2.24, 2.45) is 0 Å². The lowest BCUT2D eigenvalue weighted by Crippen LogP contribution is -2.33. The Bertz CT molecular complexity index is 524. The zero-order valence-electron chi connectivity index (χ0n) is 14.3. The second-order valence-electron chi connectivity index (χ2n) is 5.08. The van der Waals surface area contributed by atoms with Gasteiger partial charge >= 0.3 is 6.09 Å². The molecule has 5 heteroatoms. The van der Waals surface area contributed by atoms with E-state index in [0.29, 0.717) is 13.0 Å². The topological polar surface area (TPSA) is 67.8 Å². The largest absolute Gasteiger partial charge is 0.504 e. The molecule has 0 aromatic heterocycles. The van der Waals surface area contributed by atoms with Gasteiger partial charge in [0.05, 0.1) is 11.2 Å². The Morgan fingerprint density at radius 1 is 1.47 bits per heavy atom. The van der Waals surface area contributed by atoms with Crippen molar-refractivity contribution in [2.75, 3.05) is 13.6 Å². The minimum absolute atomic E-state index is 0.108. The molecule has 1 rings (SSSR count). The van der Waals surface area contributed by atoms with Crippen LogP contribution in [0.2, 0.25) is 0 Å². The summed E-state index contributed by atoms with van der Waals surface area (Å²) in [5.74, 6) is -0.366. The number of rotatable bonds is 4. The van der Waals surface area contributed by atoms with Crippen LogP contribution in [0.4, 0.5) is 4.79 Å². The van der Waals surface area contributed by atoms with E-state index in [0.717, 1.165) is 5.56 Å². The summed E-state index contributed by atoms with van der Waals surface area (Å²) >= 11 is 0. The lowest BCUT2D eigenvalue weighted by atomic mass is 10.1. The van der Waals surface area contributed by atoms with Gasteiger partial charge < -0.3 is 19.9 Å². The van der Waals surface area contributed by atoms with Gasteiger partial charge in [0, 0.05) is 6.54 Å². The number of benzene rings is 1. The summed E-state index contributed by atoms with van der Waals surface area (Å²) in [6.07, 6.45) is -0.0556. The van der Waals surface area contributed by atoms with Gasteiger partial charge in [0.25, 0.3) is 0 Å². The molecule has 2 N–H and O–H groups in total. The summed E-state index contributed by atoms with van der Waals surface area (Å²) in [4.78, 5) is 11.5. The van der Waals surface area contributed by atoms with Crippen molar-refractivity contribution in [1.29, 1.82) is 0 Å². The van der Waals surface area contributed by atoms with Gasteiger partial charge in [0.2, 0.25) is 0 Å². The fourth-order valence-electron chi connectivity index (χ4n) is 1.43. The third-order valence-electron chi connectivity index (χ3n) is 2.22. The molecule has 0 saturated heterocycles. The number of aromatic hydroxyl groups is 1. The van der Waals surface area contributed by atoms with Crippen LogP contribution in [-0.4, -0.2) is 30.4 Å². The van der Waals surface area contributed by atoms with Crippen LogP contribution < -0.4 is 10.1 Å². The van der Waals surface area contributed by atoms with Crippen molar-refractivity contribution >= 4 is 6.09 Å². The first-order valence-corrected chi connectivity index (χ1v) is 5.94. The molecule has 0 atom stereocenters. The maximum Gasteiger partial charge on any atom is 0.407 e. The summed E-state index contributed by atoms with van der Waals surface area (Å²) in [5, 5.41) is 12.3. The lowest BCUT2D eigenvalue weighted by molar-refractivity contribution is 0.0528. The van der Waals surface area contributed by atoms with Gasteiger partial charge in [-0.1, -0.05) is 6.07 Å². The van der Waals surface area contributed by atoms with Crippen molar-refractivity contribution in [3.8, 4) is 11.5 Å². The van der Waals surface area contributed by atoms with Crippen molar-refractivity contribution in [1.82, 2.24) is 5.32 Å². The average Bonchev–Trinajstić information content (AvgIpc) is 2.28. The van der Waals surface area contributed by atoms with Crippen molar-refractivity contribution < 1.29 is 23.5 Å². The number of alkyl carbamates (subject to hydrolysis) is 1. The number of amides is 1. The second-order valence-corrected chi connectivity index (χ2v) is 5.08. The maximum absolute atomic E-state index is 11.5. The third-order valence-corrected chi connectivity index (χ3v) is 2.22. The van der Waals surface area contributed by atoms with E-state index >= 15 is 0 Å².